The Kier molecular flexibility index (Phi) is 4.81. The Hall–Kier alpha value is -1.94. The van der Waals surface area contributed by atoms with E-state index in [0.29, 0.717) is 10.0 Å². The van der Waals surface area contributed by atoms with Crippen LogP contribution in [0.5, 0.6) is 0 Å². The van der Waals surface area contributed by atoms with E-state index in [-0.39, 0.29) is 18.5 Å². The predicted molar refractivity (Wildman–Crippen MR) is 88.5 cm³/mol. The second kappa shape index (κ2) is 6.44. The van der Waals surface area contributed by atoms with Crippen LogP contribution in [0.25, 0.3) is 0 Å². The van der Waals surface area contributed by atoms with Gasteiger partial charge in [-0.1, -0.05) is 35.0 Å². The molecule has 0 atom stereocenters. The lowest BCUT2D eigenvalue weighted by Gasteiger charge is -2.36. The molecule has 6 nitrogen and oxygen atoms in total. The van der Waals surface area contributed by atoms with Crippen LogP contribution in [-0.4, -0.2) is 29.3 Å². The molecule has 0 saturated heterocycles. The van der Waals surface area contributed by atoms with Gasteiger partial charge in [-0.25, -0.2) is 4.99 Å². The molecule has 0 radical (unpaired) electrons. The van der Waals surface area contributed by atoms with E-state index in [2.05, 4.69) is 21.8 Å². The molecule has 8 heteroatoms. The maximum absolute atomic E-state index is 5.92. The topological polar surface area (TPSA) is 89.2 Å². The third kappa shape index (κ3) is 3.83. The summed E-state index contributed by atoms with van der Waals surface area (Å²) in [4.78, 5) is 13.5. The highest BCUT2D eigenvalue weighted by Crippen LogP contribution is 2.22. The third-order valence-corrected chi connectivity index (χ3v) is 3.48. The fourth-order valence-electron chi connectivity index (χ4n) is 1.83. The van der Waals surface area contributed by atoms with Crippen molar-refractivity contribution in [1.29, 1.82) is 0 Å². The minimum absolute atomic E-state index is 0.106. The van der Waals surface area contributed by atoms with Gasteiger partial charge >= 0.3 is 0 Å². The molecular weight excluding hydrogens is 325 g/mol. The molecule has 22 heavy (non-hydrogen) atoms. The Morgan fingerprint density at radius 3 is 2.64 bits per heavy atom. The Morgan fingerprint density at radius 2 is 2.00 bits per heavy atom. The van der Waals surface area contributed by atoms with E-state index in [9.17, 15) is 0 Å². The molecule has 1 heterocycles. The van der Waals surface area contributed by atoms with E-state index >= 15 is 0 Å². The molecule has 1 aliphatic rings. The summed E-state index contributed by atoms with van der Waals surface area (Å²) >= 11 is 11.8. The minimum atomic E-state index is -0.749. The molecule has 0 aromatic heterocycles. The zero-order valence-electron chi connectivity index (χ0n) is 12.1. The molecule has 1 aromatic carbocycles. The molecule has 1 aliphatic heterocycles. The molecule has 0 unspecified atom stereocenters. The second-order valence-electron chi connectivity index (χ2n) is 4.93. The van der Waals surface area contributed by atoms with Crippen LogP contribution in [-0.2, 0) is 4.84 Å². The number of rotatable bonds is 2. The van der Waals surface area contributed by atoms with Crippen molar-refractivity contribution in [1.82, 2.24) is 5.06 Å². The lowest BCUT2D eigenvalue weighted by Crippen LogP contribution is -2.53. The Labute approximate surface area is 138 Å². The lowest BCUT2D eigenvalue weighted by atomic mass is 10.2. The summed E-state index contributed by atoms with van der Waals surface area (Å²) in [5.74, 6) is 6.02. The number of hydrogen-bond acceptors (Lipinski definition) is 6. The first-order valence-electron chi connectivity index (χ1n) is 6.36. The number of guanidine groups is 2. The van der Waals surface area contributed by atoms with Gasteiger partial charge in [-0.05, 0) is 32.0 Å². The van der Waals surface area contributed by atoms with Crippen molar-refractivity contribution in [2.75, 3.05) is 6.61 Å². The first kappa shape index (κ1) is 16.4. The van der Waals surface area contributed by atoms with Crippen molar-refractivity contribution in [2.24, 2.45) is 21.5 Å². The smallest absolute Gasteiger partial charge is 0.226 e. The Morgan fingerprint density at radius 1 is 1.27 bits per heavy atom. The first-order valence-corrected chi connectivity index (χ1v) is 7.12. The molecule has 0 amide bonds. The van der Waals surface area contributed by atoms with Crippen LogP contribution in [0.1, 0.15) is 19.4 Å². The summed E-state index contributed by atoms with van der Waals surface area (Å²) in [6, 6.07) is 5.14. The van der Waals surface area contributed by atoms with E-state index in [1.54, 1.807) is 32.0 Å². The fraction of sp³-hybridized carbons (Fsp3) is 0.286. The van der Waals surface area contributed by atoms with Gasteiger partial charge in [0.05, 0.1) is 10.0 Å². The van der Waals surface area contributed by atoms with Crippen LogP contribution in [0.3, 0.4) is 0 Å². The van der Waals surface area contributed by atoms with Gasteiger partial charge in [0.25, 0.3) is 0 Å². The Bertz CT molecular complexity index is 703. The Balaban J connectivity index is 2.01. The van der Waals surface area contributed by atoms with E-state index in [1.807, 2.05) is 0 Å². The summed E-state index contributed by atoms with van der Waals surface area (Å²) < 4.78 is 0. The van der Waals surface area contributed by atoms with Crippen LogP contribution >= 0.6 is 23.2 Å². The van der Waals surface area contributed by atoms with E-state index < -0.39 is 5.66 Å². The number of nitrogens with zero attached hydrogens (tertiary/aromatic N) is 3. The SMILES string of the molecule is CC1(C)N=C(N)N=C(N)N1OCC#Cc1ccc(Cl)c(Cl)c1. The third-order valence-electron chi connectivity index (χ3n) is 2.74. The summed E-state index contributed by atoms with van der Waals surface area (Å²) in [5.41, 5.74) is 11.3. The van der Waals surface area contributed by atoms with Crippen molar-refractivity contribution in [3.63, 3.8) is 0 Å². The molecule has 2 rings (SSSR count). The van der Waals surface area contributed by atoms with Crippen LogP contribution in [0, 0.1) is 11.8 Å². The van der Waals surface area contributed by atoms with Gasteiger partial charge in [-0.3, -0.25) is 4.84 Å². The zero-order chi connectivity index (χ0) is 16.3. The van der Waals surface area contributed by atoms with Crippen molar-refractivity contribution >= 4 is 35.1 Å². The zero-order valence-corrected chi connectivity index (χ0v) is 13.6. The predicted octanol–water partition coefficient (Wildman–Crippen LogP) is 1.96. The maximum Gasteiger partial charge on any atom is 0.226 e. The lowest BCUT2D eigenvalue weighted by molar-refractivity contribution is -0.144. The highest BCUT2D eigenvalue weighted by atomic mass is 35.5. The van der Waals surface area contributed by atoms with E-state index in [4.69, 9.17) is 39.5 Å². The summed E-state index contributed by atoms with van der Waals surface area (Å²) in [6.45, 7) is 3.71. The average molecular weight is 340 g/mol. The largest absolute Gasteiger partial charge is 0.368 e. The van der Waals surface area contributed by atoms with Crippen LogP contribution in [0.15, 0.2) is 28.2 Å². The van der Waals surface area contributed by atoms with Gasteiger partial charge in [0, 0.05) is 5.56 Å². The van der Waals surface area contributed by atoms with Gasteiger partial charge in [0.1, 0.15) is 6.61 Å². The average Bonchev–Trinajstić information content (AvgIpc) is 2.40. The van der Waals surface area contributed by atoms with Crippen LogP contribution in [0.2, 0.25) is 10.0 Å². The quantitative estimate of drug-likeness (QED) is 0.806. The van der Waals surface area contributed by atoms with Gasteiger partial charge < -0.3 is 11.5 Å². The first-order chi connectivity index (χ1) is 10.3. The number of benzene rings is 1. The number of nitrogens with two attached hydrogens (primary N) is 2. The maximum atomic E-state index is 5.92. The second-order valence-corrected chi connectivity index (χ2v) is 5.75. The highest BCUT2D eigenvalue weighted by Gasteiger charge is 2.32. The molecule has 0 spiro atoms. The van der Waals surface area contributed by atoms with E-state index in [0.717, 1.165) is 5.56 Å². The fourth-order valence-corrected chi connectivity index (χ4v) is 2.12. The van der Waals surface area contributed by atoms with E-state index in [1.165, 1.54) is 5.06 Å². The van der Waals surface area contributed by atoms with Crippen molar-refractivity contribution in [2.45, 2.75) is 19.5 Å². The molecule has 0 fully saturated rings. The highest BCUT2D eigenvalue weighted by molar-refractivity contribution is 6.42. The van der Waals surface area contributed by atoms with Crippen molar-refractivity contribution in [3.8, 4) is 11.8 Å². The number of hydrogen-bond donors (Lipinski definition) is 2. The van der Waals surface area contributed by atoms with Gasteiger partial charge in [-0.2, -0.15) is 10.1 Å². The van der Waals surface area contributed by atoms with Crippen molar-refractivity contribution in [3.05, 3.63) is 33.8 Å². The number of hydroxylamine groups is 2. The standard InChI is InChI=1S/C14H15Cl2N5O/c1-14(2)20-12(17)19-13(18)21(14)22-7-3-4-9-5-6-10(15)11(16)8-9/h5-6,8H,7H2,1-2H3,(H4,17,18,19,20). The minimum Gasteiger partial charge on any atom is -0.368 e. The number of aliphatic imine (C=N–C) groups is 2. The van der Waals surface area contributed by atoms with Gasteiger partial charge in [0.15, 0.2) is 5.66 Å². The molecule has 0 aliphatic carbocycles. The monoisotopic (exact) mass is 339 g/mol. The molecular formula is C14H15Cl2N5O. The molecule has 0 saturated carbocycles. The van der Waals surface area contributed by atoms with Crippen molar-refractivity contribution < 1.29 is 4.84 Å². The molecule has 116 valence electrons. The van der Waals surface area contributed by atoms with Gasteiger partial charge in [-0.15, -0.1) is 0 Å². The van der Waals surface area contributed by atoms with Gasteiger partial charge in [0.2, 0.25) is 11.9 Å². The number of halogens is 2. The molecule has 4 N–H and O–H groups in total. The molecule has 0 bridgehead atoms. The van der Waals surface area contributed by atoms with Crippen LogP contribution < -0.4 is 11.5 Å². The normalized spacial score (nSPS) is 16.5. The molecule has 1 aromatic rings. The summed E-state index contributed by atoms with van der Waals surface area (Å²) in [5, 5.41) is 2.30. The van der Waals surface area contributed by atoms with Crippen LogP contribution in [0.4, 0.5) is 0 Å². The summed E-state index contributed by atoms with van der Waals surface area (Å²) in [6.07, 6.45) is 0. The summed E-state index contributed by atoms with van der Waals surface area (Å²) in [7, 11) is 0.